The minimum Gasteiger partial charge on any atom is -0.465 e. The van der Waals surface area contributed by atoms with Crippen molar-refractivity contribution in [2.45, 2.75) is 43.7 Å². The lowest BCUT2D eigenvalue weighted by molar-refractivity contribution is -0.123. The molecular formula is C28H29N3O3. The van der Waals surface area contributed by atoms with E-state index in [4.69, 9.17) is 5.11 Å². The number of carbonyl (C=O) groups excluding carboxylic acids is 1. The Kier molecular flexibility index (Phi) is 4.88. The number of benzene rings is 3. The Morgan fingerprint density at radius 2 is 1.79 bits per heavy atom. The summed E-state index contributed by atoms with van der Waals surface area (Å²) in [6.45, 7) is 3.82. The molecule has 2 unspecified atom stereocenters. The van der Waals surface area contributed by atoms with Gasteiger partial charge in [0.05, 0.1) is 5.41 Å². The van der Waals surface area contributed by atoms with Gasteiger partial charge in [0.2, 0.25) is 5.91 Å². The fourth-order valence-electron chi connectivity index (χ4n) is 6.42. The first kappa shape index (κ1) is 21.2. The van der Waals surface area contributed by atoms with E-state index in [1.165, 1.54) is 21.9 Å². The molecule has 1 saturated heterocycles. The Balaban J connectivity index is 1.22. The number of para-hydroxylation sites is 1. The molecule has 2 N–H and O–H groups in total. The summed E-state index contributed by atoms with van der Waals surface area (Å²) in [5.41, 5.74) is 3.83. The van der Waals surface area contributed by atoms with E-state index >= 15 is 0 Å². The first-order chi connectivity index (χ1) is 16.5. The van der Waals surface area contributed by atoms with Gasteiger partial charge in [0.25, 0.3) is 0 Å². The predicted octanol–water partition coefficient (Wildman–Crippen LogP) is 4.47. The molecule has 2 heterocycles. The number of nitrogens with zero attached hydrogens (tertiary/aromatic N) is 2. The molecule has 0 aromatic heterocycles. The molecule has 6 nitrogen and oxygen atoms in total. The molecule has 0 saturated carbocycles. The Morgan fingerprint density at radius 3 is 2.56 bits per heavy atom. The normalized spacial score (nSPS) is 24.6. The third-order valence-corrected chi connectivity index (χ3v) is 8.14. The van der Waals surface area contributed by atoms with Crippen LogP contribution in [0.3, 0.4) is 0 Å². The lowest BCUT2D eigenvalue weighted by atomic mass is 9.83. The van der Waals surface area contributed by atoms with E-state index in [2.05, 4.69) is 46.6 Å². The van der Waals surface area contributed by atoms with Crippen LogP contribution in [-0.2, 0) is 16.6 Å². The van der Waals surface area contributed by atoms with Crippen molar-refractivity contribution >= 4 is 28.5 Å². The average molecular weight is 456 g/mol. The molecule has 3 aliphatic rings. The van der Waals surface area contributed by atoms with Crippen molar-refractivity contribution in [1.29, 1.82) is 0 Å². The summed E-state index contributed by atoms with van der Waals surface area (Å²) >= 11 is 0. The number of carboxylic acid groups (broad SMARTS) is 1. The number of rotatable bonds is 4. The quantitative estimate of drug-likeness (QED) is 0.609. The number of anilines is 1. The van der Waals surface area contributed by atoms with Crippen LogP contribution in [0.5, 0.6) is 0 Å². The van der Waals surface area contributed by atoms with Crippen molar-refractivity contribution in [2.24, 2.45) is 0 Å². The van der Waals surface area contributed by atoms with Gasteiger partial charge in [-0.2, -0.15) is 0 Å². The highest BCUT2D eigenvalue weighted by Crippen LogP contribution is 2.45. The van der Waals surface area contributed by atoms with E-state index in [9.17, 15) is 9.59 Å². The van der Waals surface area contributed by atoms with Gasteiger partial charge in [0, 0.05) is 37.4 Å². The van der Waals surface area contributed by atoms with Gasteiger partial charge < -0.3 is 15.3 Å². The predicted molar refractivity (Wildman–Crippen MR) is 132 cm³/mol. The van der Waals surface area contributed by atoms with Crippen LogP contribution in [-0.4, -0.2) is 47.7 Å². The van der Waals surface area contributed by atoms with Crippen LogP contribution in [0.25, 0.3) is 10.8 Å². The van der Waals surface area contributed by atoms with Crippen LogP contribution in [0.1, 0.15) is 42.5 Å². The van der Waals surface area contributed by atoms with Gasteiger partial charge in [-0.25, -0.2) is 4.79 Å². The maximum absolute atomic E-state index is 13.7. The zero-order valence-electron chi connectivity index (χ0n) is 19.3. The number of hydrogen-bond donors (Lipinski definition) is 2. The highest BCUT2D eigenvalue weighted by molar-refractivity contribution is 6.08. The Bertz CT molecular complexity index is 1290. The second kappa shape index (κ2) is 7.84. The summed E-state index contributed by atoms with van der Waals surface area (Å²) in [5.74, 6) is -0.000982. The van der Waals surface area contributed by atoms with Crippen LogP contribution < -0.4 is 10.2 Å². The van der Waals surface area contributed by atoms with Crippen molar-refractivity contribution in [3.8, 4) is 0 Å². The van der Waals surface area contributed by atoms with Gasteiger partial charge >= 0.3 is 6.09 Å². The second-order valence-corrected chi connectivity index (χ2v) is 10.0. The standard InChI is InChI=1S/C28H29N3O3/c1-28(17-29-27(33)34)22-10-2-3-11-23(22)31(26(28)32)20-12-14-30(15-13-20)24-16-19-8-4-6-18-7-5-9-21(24)25(18)19/h2-11,20,24,29H,12-17H2,1H3,(H,33,34). The zero-order chi connectivity index (χ0) is 23.4. The van der Waals surface area contributed by atoms with Gasteiger partial charge in [0.15, 0.2) is 0 Å². The van der Waals surface area contributed by atoms with E-state index in [1.807, 2.05) is 36.1 Å². The molecule has 0 spiro atoms. The van der Waals surface area contributed by atoms with Crippen molar-refractivity contribution in [3.63, 3.8) is 0 Å². The number of carbonyl (C=O) groups is 2. The molecule has 2 aliphatic heterocycles. The molecule has 1 fully saturated rings. The summed E-state index contributed by atoms with van der Waals surface area (Å²) in [6.07, 6.45) is 1.76. The molecular weight excluding hydrogens is 426 g/mol. The van der Waals surface area contributed by atoms with Crippen LogP contribution in [0.2, 0.25) is 0 Å². The van der Waals surface area contributed by atoms with Gasteiger partial charge in [0.1, 0.15) is 0 Å². The molecule has 34 heavy (non-hydrogen) atoms. The fourth-order valence-corrected chi connectivity index (χ4v) is 6.42. The molecule has 0 bridgehead atoms. The monoisotopic (exact) mass is 455 g/mol. The summed E-state index contributed by atoms with van der Waals surface area (Å²) in [7, 11) is 0. The van der Waals surface area contributed by atoms with Crippen molar-refractivity contribution in [3.05, 3.63) is 77.4 Å². The highest BCUT2D eigenvalue weighted by Gasteiger charge is 2.50. The van der Waals surface area contributed by atoms with E-state index in [-0.39, 0.29) is 18.5 Å². The molecule has 2 atom stereocenters. The van der Waals surface area contributed by atoms with Crippen molar-refractivity contribution in [1.82, 2.24) is 10.2 Å². The molecule has 3 aromatic rings. The molecule has 2 amide bonds. The number of nitrogens with one attached hydrogen (secondary N) is 1. The minimum absolute atomic E-state index is 0.000982. The summed E-state index contributed by atoms with van der Waals surface area (Å²) in [6, 6.07) is 21.6. The Morgan fingerprint density at radius 1 is 1.06 bits per heavy atom. The molecule has 1 aliphatic carbocycles. The largest absolute Gasteiger partial charge is 0.465 e. The number of amides is 2. The molecule has 0 radical (unpaired) electrons. The number of hydrogen-bond acceptors (Lipinski definition) is 3. The Hall–Kier alpha value is -3.38. The Labute approximate surface area is 199 Å². The van der Waals surface area contributed by atoms with Crippen LogP contribution in [0.15, 0.2) is 60.7 Å². The zero-order valence-corrected chi connectivity index (χ0v) is 19.3. The minimum atomic E-state index is -1.11. The van der Waals surface area contributed by atoms with E-state index in [0.29, 0.717) is 6.04 Å². The van der Waals surface area contributed by atoms with Gasteiger partial charge in [-0.3, -0.25) is 9.69 Å². The molecule has 6 heteroatoms. The SMILES string of the molecule is CC1(CNC(=O)O)C(=O)N(C2CCN(C3Cc4cccc5cccc3c45)CC2)c2ccccc21. The summed E-state index contributed by atoms with van der Waals surface area (Å²) in [5, 5.41) is 14.3. The summed E-state index contributed by atoms with van der Waals surface area (Å²) in [4.78, 5) is 29.4. The number of likely N-dealkylation sites (tertiary alicyclic amines) is 1. The van der Waals surface area contributed by atoms with Crippen LogP contribution in [0, 0.1) is 0 Å². The molecule has 3 aromatic carbocycles. The number of piperidine rings is 1. The topological polar surface area (TPSA) is 72.9 Å². The first-order valence-corrected chi connectivity index (χ1v) is 12.1. The van der Waals surface area contributed by atoms with Crippen molar-refractivity contribution in [2.75, 3.05) is 24.5 Å². The third kappa shape index (κ3) is 3.12. The lowest BCUT2D eigenvalue weighted by Crippen LogP contribution is -2.52. The third-order valence-electron chi connectivity index (χ3n) is 8.14. The number of fused-ring (bicyclic) bond motifs is 1. The van der Waals surface area contributed by atoms with Gasteiger partial charge in [-0.15, -0.1) is 0 Å². The maximum atomic E-state index is 13.7. The molecule has 174 valence electrons. The van der Waals surface area contributed by atoms with Gasteiger partial charge in [-0.05, 0) is 59.7 Å². The van der Waals surface area contributed by atoms with Crippen LogP contribution >= 0.6 is 0 Å². The van der Waals surface area contributed by atoms with Crippen LogP contribution in [0.4, 0.5) is 10.5 Å². The van der Waals surface area contributed by atoms with E-state index < -0.39 is 11.5 Å². The van der Waals surface area contributed by atoms with Gasteiger partial charge in [-0.1, -0.05) is 54.6 Å². The fraction of sp³-hybridized carbons (Fsp3) is 0.357. The lowest BCUT2D eigenvalue weighted by Gasteiger charge is -2.40. The maximum Gasteiger partial charge on any atom is 0.404 e. The smallest absolute Gasteiger partial charge is 0.404 e. The first-order valence-electron chi connectivity index (χ1n) is 12.1. The highest BCUT2D eigenvalue weighted by atomic mass is 16.4. The van der Waals surface area contributed by atoms with E-state index in [0.717, 1.165) is 43.6 Å². The van der Waals surface area contributed by atoms with E-state index in [1.54, 1.807) is 0 Å². The average Bonchev–Trinajstić information content (AvgIpc) is 3.34. The summed E-state index contributed by atoms with van der Waals surface area (Å²) < 4.78 is 0. The second-order valence-electron chi connectivity index (χ2n) is 10.0. The van der Waals surface area contributed by atoms with Crippen molar-refractivity contribution < 1.29 is 14.7 Å². The molecule has 6 rings (SSSR count).